The van der Waals surface area contributed by atoms with Gasteiger partial charge in [-0.3, -0.25) is 5.10 Å². The van der Waals surface area contributed by atoms with Gasteiger partial charge in [0, 0.05) is 12.5 Å². The van der Waals surface area contributed by atoms with Crippen LogP contribution in [0.1, 0.15) is 43.0 Å². The van der Waals surface area contributed by atoms with Gasteiger partial charge in [0.25, 0.3) is 0 Å². The lowest BCUT2D eigenvalue weighted by Gasteiger charge is -2.03. The summed E-state index contributed by atoms with van der Waals surface area (Å²) in [7, 11) is 0. The number of hydrogen-bond donors (Lipinski definition) is 1. The number of aryl methyl sites for hydroxylation is 1. The maximum Gasteiger partial charge on any atom is 0.208 e. The summed E-state index contributed by atoms with van der Waals surface area (Å²) in [5.74, 6) is 3.40. The average Bonchev–Trinajstić information content (AvgIpc) is 3.10. The van der Waals surface area contributed by atoms with Crippen molar-refractivity contribution in [3.8, 4) is 0 Å². The van der Waals surface area contributed by atoms with Gasteiger partial charge < -0.3 is 4.52 Å². The zero-order valence-corrected chi connectivity index (χ0v) is 11.9. The molecule has 6 heteroatoms. The van der Waals surface area contributed by atoms with Gasteiger partial charge in [0.05, 0.1) is 11.4 Å². The van der Waals surface area contributed by atoms with Gasteiger partial charge in [0.15, 0.2) is 0 Å². The molecule has 0 spiro atoms. The molecular weight excluding hydrogens is 260 g/mol. The SMILES string of the molecule is Cc1cc(CSc2n[nH]c(CC3CCCC3)n2)on1. The molecule has 2 aromatic rings. The second-order valence-electron chi connectivity index (χ2n) is 5.14. The third-order valence-electron chi connectivity index (χ3n) is 3.49. The van der Waals surface area contributed by atoms with Gasteiger partial charge in [-0.25, -0.2) is 4.98 Å². The molecular formula is C13H18N4OS. The third kappa shape index (κ3) is 3.37. The van der Waals surface area contributed by atoms with Crippen LogP contribution in [0, 0.1) is 12.8 Å². The number of hydrogen-bond acceptors (Lipinski definition) is 5. The van der Waals surface area contributed by atoms with Crippen molar-refractivity contribution in [1.29, 1.82) is 0 Å². The molecule has 19 heavy (non-hydrogen) atoms. The van der Waals surface area contributed by atoms with Crippen molar-refractivity contribution in [2.75, 3.05) is 0 Å². The minimum Gasteiger partial charge on any atom is -0.360 e. The maximum absolute atomic E-state index is 5.16. The lowest BCUT2D eigenvalue weighted by atomic mass is 10.0. The Labute approximate surface area is 116 Å². The summed E-state index contributed by atoms with van der Waals surface area (Å²) >= 11 is 1.58. The van der Waals surface area contributed by atoms with Crippen molar-refractivity contribution >= 4 is 11.8 Å². The zero-order valence-electron chi connectivity index (χ0n) is 11.1. The highest BCUT2D eigenvalue weighted by Gasteiger charge is 2.17. The fraction of sp³-hybridized carbons (Fsp3) is 0.615. The van der Waals surface area contributed by atoms with Crippen LogP contribution in [0.25, 0.3) is 0 Å². The van der Waals surface area contributed by atoms with Crippen LogP contribution in [0.5, 0.6) is 0 Å². The molecule has 5 nitrogen and oxygen atoms in total. The van der Waals surface area contributed by atoms with E-state index in [4.69, 9.17) is 4.52 Å². The average molecular weight is 278 g/mol. The van der Waals surface area contributed by atoms with E-state index in [2.05, 4.69) is 20.3 Å². The molecule has 1 saturated carbocycles. The smallest absolute Gasteiger partial charge is 0.208 e. The van der Waals surface area contributed by atoms with Gasteiger partial charge >= 0.3 is 0 Å². The van der Waals surface area contributed by atoms with Crippen molar-refractivity contribution in [2.24, 2.45) is 5.92 Å². The Bertz CT molecular complexity index is 530. The topological polar surface area (TPSA) is 67.6 Å². The first-order valence-corrected chi connectivity index (χ1v) is 7.74. The molecule has 102 valence electrons. The van der Waals surface area contributed by atoms with Crippen LogP contribution in [-0.4, -0.2) is 20.3 Å². The van der Waals surface area contributed by atoms with Gasteiger partial charge in [0.2, 0.25) is 5.16 Å². The van der Waals surface area contributed by atoms with E-state index in [1.165, 1.54) is 25.7 Å². The normalized spacial score (nSPS) is 16.3. The van der Waals surface area contributed by atoms with Crippen molar-refractivity contribution in [2.45, 2.75) is 49.9 Å². The highest BCUT2D eigenvalue weighted by atomic mass is 32.2. The largest absolute Gasteiger partial charge is 0.360 e. The molecule has 0 aliphatic heterocycles. The molecule has 1 aliphatic rings. The number of aromatic nitrogens is 4. The maximum atomic E-state index is 5.16. The van der Waals surface area contributed by atoms with Crippen LogP contribution in [0.2, 0.25) is 0 Å². The molecule has 0 radical (unpaired) electrons. The summed E-state index contributed by atoms with van der Waals surface area (Å²) in [5.41, 5.74) is 0.910. The highest BCUT2D eigenvalue weighted by molar-refractivity contribution is 7.98. The second kappa shape index (κ2) is 5.77. The van der Waals surface area contributed by atoms with E-state index in [1.807, 2.05) is 13.0 Å². The Morgan fingerprint density at radius 2 is 2.26 bits per heavy atom. The van der Waals surface area contributed by atoms with Crippen LogP contribution in [0.15, 0.2) is 15.7 Å². The molecule has 3 rings (SSSR count). The van der Waals surface area contributed by atoms with E-state index >= 15 is 0 Å². The van der Waals surface area contributed by atoms with Gasteiger partial charge in [-0.05, 0) is 12.8 Å². The predicted molar refractivity (Wildman–Crippen MR) is 72.8 cm³/mol. The predicted octanol–water partition coefficient (Wildman–Crippen LogP) is 3.13. The Hall–Kier alpha value is -1.30. The van der Waals surface area contributed by atoms with E-state index in [9.17, 15) is 0 Å². The van der Waals surface area contributed by atoms with E-state index in [1.54, 1.807) is 11.8 Å². The van der Waals surface area contributed by atoms with Crippen LogP contribution >= 0.6 is 11.8 Å². The summed E-state index contributed by atoms with van der Waals surface area (Å²) in [6.45, 7) is 1.92. The minimum absolute atomic E-state index is 0.724. The molecule has 0 atom stereocenters. The van der Waals surface area contributed by atoms with Crippen molar-refractivity contribution in [3.63, 3.8) is 0 Å². The summed E-state index contributed by atoms with van der Waals surface area (Å²) < 4.78 is 5.16. The van der Waals surface area contributed by atoms with Crippen LogP contribution in [0.4, 0.5) is 0 Å². The van der Waals surface area contributed by atoms with Crippen LogP contribution in [-0.2, 0) is 12.2 Å². The fourth-order valence-corrected chi connectivity index (χ4v) is 3.23. The Morgan fingerprint density at radius 3 is 3.00 bits per heavy atom. The molecule has 0 aromatic carbocycles. The molecule has 1 aliphatic carbocycles. The lowest BCUT2D eigenvalue weighted by molar-refractivity contribution is 0.391. The van der Waals surface area contributed by atoms with Crippen molar-refractivity contribution in [3.05, 3.63) is 23.3 Å². The van der Waals surface area contributed by atoms with E-state index in [0.717, 1.165) is 40.5 Å². The van der Waals surface area contributed by atoms with Crippen molar-refractivity contribution < 1.29 is 4.52 Å². The number of H-pyrrole nitrogens is 1. The van der Waals surface area contributed by atoms with E-state index in [-0.39, 0.29) is 0 Å². The summed E-state index contributed by atoms with van der Waals surface area (Å²) in [6, 6.07) is 1.94. The molecule has 1 fully saturated rings. The standard InChI is InChI=1S/C13H18N4OS/c1-9-6-11(18-17-9)8-19-13-14-12(15-16-13)7-10-4-2-3-5-10/h6,10H,2-5,7-8H2,1H3,(H,14,15,16). The number of rotatable bonds is 5. The molecule has 0 bridgehead atoms. The first-order chi connectivity index (χ1) is 9.29. The molecule has 0 saturated heterocycles. The van der Waals surface area contributed by atoms with Gasteiger partial charge in [-0.1, -0.05) is 42.6 Å². The van der Waals surface area contributed by atoms with E-state index in [0.29, 0.717) is 0 Å². The summed E-state index contributed by atoms with van der Waals surface area (Å²) in [6.07, 6.45) is 6.44. The lowest BCUT2D eigenvalue weighted by Crippen LogP contribution is -2.00. The number of aromatic amines is 1. The molecule has 0 amide bonds. The van der Waals surface area contributed by atoms with Gasteiger partial charge in [0.1, 0.15) is 11.6 Å². The molecule has 2 heterocycles. The Balaban J connectivity index is 1.52. The molecule has 2 aromatic heterocycles. The summed E-state index contributed by atoms with van der Waals surface area (Å²) in [5, 5.41) is 12.0. The first-order valence-electron chi connectivity index (χ1n) is 6.76. The quantitative estimate of drug-likeness (QED) is 0.851. The van der Waals surface area contributed by atoms with Crippen LogP contribution in [0.3, 0.4) is 0 Å². The van der Waals surface area contributed by atoms with Crippen molar-refractivity contribution in [1.82, 2.24) is 20.3 Å². The number of nitrogens with one attached hydrogen (secondary N) is 1. The third-order valence-corrected chi connectivity index (χ3v) is 4.36. The summed E-state index contributed by atoms with van der Waals surface area (Å²) in [4.78, 5) is 4.53. The molecule has 1 N–H and O–H groups in total. The fourth-order valence-electron chi connectivity index (χ4n) is 2.54. The van der Waals surface area contributed by atoms with Gasteiger partial charge in [-0.2, -0.15) is 0 Å². The molecule has 0 unspecified atom stereocenters. The Kier molecular flexibility index (Phi) is 3.87. The Morgan fingerprint density at radius 1 is 1.42 bits per heavy atom. The number of thioether (sulfide) groups is 1. The number of nitrogens with zero attached hydrogens (tertiary/aromatic N) is 3. The second-order valence-corrected chi connectivity index (χ2v) is 6.09. The zero-order chi connectivity index (χ0) is 13.1. The monoisotopic (exact) mass is 278 g/mol. The minimum atomic E-state index is 0.724. The highest BCUT2D eigenvalue weighted by Crippen LogP contribution is 2.27. The van der Waals surface area contributed by atoms with Gasteiger partial charge in [-0.15, -0.1) is 5.10 Å². The van der Waals surface area contributed by atoms with E-state index < -0.39 is 0 Å². The van der Waals surface area contributed by atoms with Crippen LogP contribution < -0.4 is 0 Å². The first kappa shape index (κ1) is 12.7.